The molecule has 3 aliphatic rings. The predicted molar refractivity (Wildman–Crippen MR) is 135 cm³/mol. The number of carbonyl (C=O) groups excluding carboxylic acids is 1. The van der Waals surface area contributed by atoms with E-state index < -0.39 is 18.0 Å². The van der Waals surface area contributed by atoms with Crippen LogP contribution in [0.15, 0.2) is 41.2 Å². The Balaban J connectivity index is 2.00. The van der Waals surface area contributed by atoms with Gasteiger partial charge in [-0.2, -0.15) is 0 Å². The van der Waals surface area contributed by atoms with Crippen molar-refractivity contribution in [1.82, 2.24) is 4.31 Å². The Morgan fingerprint density at radius 1 is 1.00 bits per heavy atom. The van der Waals surface area contributed by atoms with Crippen molar-refractivity contribution in [3.05, 3.63) is 42.0 Å². The quantitative estimate of drug-likeness (QED) is 0.259. The molecule has 1 aromatic rings. The number of unbranched alkanes of at least 4 members (excludes halogenated alkanes) is 3. The van der Waals surface area contributed by atoms with Crippen LogP contribution >= 0.6 is 7.05 Å². The molecule has 0 radical (unpaired) electrons. The summed E-state index contributed by atoms with van der Waals surface area (Å²) >= 11 is 0. The molecule has 1 amide bonds. The number of hydrogen-bond acceptors (Lipinski definition) is 3. The van der Waals surface area contributed by atoms with Crippen LogP contribution in [0, 0.1) is 0 Å². The van der Waals surface area contributed by atoms with Gasteiger partial charge in [0.2, 0.25) is 0 Å². The first-order valence-corrected chi connectivity index (χ1v) is 15.6. The first kappa shape index (κ1) is 24.5. The summed E-state index contributed by atoms with van der Waals surface area (Å²) in [4.78, 5) is 13.6. The van der Waals surface area contributed by atoms with Gasteiger partial charge in [-0.15, -0.1) is 0 Å². The molecule has 0 saturated carbocycles. The zero-order valence-corrected chi connectivity index (χ0v) is 21.2. The average molecular weight is 463 g/mol. The van der Waals surface area contributed by atoms with E-state index in [0.717, 1.165) is 18.5 Å². The molecule has 4 rings (SSSR count). The van der Waals surface area contributed by atoms with E-state index in [2.05, 4.69) is 26.8 Å². The second-order valence-electron chi connectivity index (χ2n) is 8.92. The highest BCUT2D eigenvalue weighted by Gasteiger charge is 2.40. The van der Waals surface area contributed by atoms with Gasteiger partial charge < -0.3 is 0 Å². The van der Waals surface area contributed by atoms with Gasteiger partial charge >= 0.3 is 0 Å². The molecular formula is C25H39N2O2PS. The van der Waals surface area contributed by atoms with Crippen LogP contribution in [0.1, 0.15) is 82.5 Å². The Morgan fingerprint density at radius 2 is 1.61 bits per heavy atom. The van der Waals surface area contributed by atoms with Gasteiger partial charge in [0.25, 0.3) is 5.91 Å². The maximum absolute atomic E-state index is 13.6. The standard InChI is InChI=1S/C25H39N2O2PS/c1-4-7-18-30(19-8-5-2,20-9-6-3)26-24-13-11-10-12-23(24)25(28)27-21-14-16-22(17-15-21)31(27)29/h10-14,16,21-22H,4-9,15,17-20H2,1-3H3. The predicted octanol–water partition coefficient (Wildman–Crippen LogP) is 7.13. The van der Waals surface area contributed by atoms with Crippen molar-refractivity contribution in [2.45, 2.75) is 83.4 Å². The van der Waals surface area contributed by atoms with E-state index in [1.165, 1.54) is 57.0 Å². The molecule has 4 nitrogen and oxygen atoms in total. The van der Waals surface area contributed by atoms with Crippen LogP contribution in [-0.4, -0.2) is 44.2 Å². The normalized spacial score (nSPS) is 22.7. The number of benzene rings is 1. The zero-order valence-electron chi connectivity index (χ0n) is 19.5. The van der Waals surface area contributed by atoms with Crippen LogP contribution in [-0.2, 0) is 11.0 Å². The Kier molecular flexibility index (Phi) is 9.16. The molecule has 1 aliphatic carbocycles. The van der Waals surface area contributed by atoms with E-state index in [9.17, 15) is 9.00 Å². The van der Waals surface area contributed by atoms with E-state index in [4.69, 9.17) is 4.74 Å². The summed E-state index contributed by atoms with van der Waals surface area (Å²) in [5.74, 6) is -0.115. The summed E-state index contributed by atoms with van der Waals surface area (Å²) in [6.07, 6.45) is 16.6. The van der Waals surface area contributed by atoms with E-state index >= 15 is 0 Å². The molecule has 2 bridgehead atoms. The van der Waals surface area contributed by atoms with Crippen molar-refractivity contribution < 1.29 is 9.00 Å². The van der Waals surface area contributed by atoms with Crippen LogP contribution in [0.5, 0.6) is 0 Å². The summed E-state index contributed by atoms with van der Waals surface area (Å²) in [5.41, 5.74) is 1.46. The van der Waals surface area contributed by atoms with Crippen molar-refractivity contribution in [3.8, 4) is 0 Å². The van der Waals surface area contributed by atoms with E-state index in [0.29, 0.717) is 5.56 Å². The largest absolute Gasteiger partial charge is 0.268 e. The van der Waals surface area contributed by atoms with E-state index in [-0.39, 0.29) is 17.2 Å². The summed E-state index contributed by atoms with van der Waals surface area (Å²) in [7, 11) is -2.82. The third-order valence-electron chi connectivity index (χ3n) is 6.49. The van der Waals surface area contributed by atoms with Gasteiger partial charge in [0.1, 0.15) is 11.0 Å². The lowest BCUT2D eigenvalue weighted by molar-refractivity contribution is 0.0831. The molecule has 3 unspecified atom stereocenters. The van der Waals surface area contributed by atoms with Crippen molar-refractivity contribution in [1.29, 1.82) is 0 Å². The first-order chi connectivity index (χ1) is 15.0. The van der Waals surface area contributed by atoms with Crippen molar-refractivity contribution in [2.75, 3.05) is 18.5 Å². The average Bonchev–Trinajstić information content (AvgIpc) is 2.80. The smallest absolute Gasteiger partial charge is 0.268 e. The van der Waals surface area contributed by atoms with Gasteiger partial charge in [0.15, 0.2) is 0 Å². The van der Waals surface area contributed by atoms with Crippen LogP contribution < -0.4 is 0 Å². The SMILES string of the molecule is CCCCP(CCCC)(CCCC)=Nc1ccccc1C(=O)N1C2C=CC(CC2)S1=O. The van der Waals surface area contributed by atoms with Gasteiger partial charge in [-0.3, -0.25) is 9.54 Å². The summed E-state index contributed by atoms with van der Waals surface area (Å²) in [6.45, 7) is 6.75. The molecule has 2 heterocycles. The van der Waals surface area contributed by atoms with Gasteiger partial charge in [0.05, 0.1) is 22.5 Å². The number of rotatable bonds is 11. The highest BCUT2D eigenvalue weighted by atomic mass is 32.2. The Hall–Kier alpha value is -1.19. The second-order valence-corrected chi connectivity index (χ2v) is 14.2. The fourth-order valence-corrected chi connectivity index (χ4v) is 10.5. The topological polar surface area (TPSA) is 49.7 Å². The summed E-state index contributed by atoms with van der Waals surface area (Å²) in [5, 5.41) is -0.0247. The Morgan fingerprint density at radius 3 is 2.13 bits per heavy atom. The summed E-state index contributed by atoms with van der Waals surface area (Å²) in [6, 6.07) is 7.75. The monoisotopic (exact) mass is 462 g/mol. The number of carbonyl (C=O) groups is 1. The minimum atomic E-state index is -1.54. The van der Waals surface area contributed by atoms with E-state index in [1.54, 1.807) is 4.31 Å². The van der Waals surface area contributed by atoms with E-state index in [1.807, 2.05) is 30.3 Å². The highest BCUT2D eigenvalue weighted by molar-refractivity contribution is 7.84. The minimum absolute atomic E-state index is 0.0247. The Bertz CT molecular complexity index is 838. The molecule has 0 aromatic heterocycles. The molecule has 1 saturated heterocycles. The maximum Gasteiger partial charge on any atom is 0.268 e. The molecular weight excluding hydrogens is 423 g/mol. The first-order valence-electron chi connectivity index (χ1n) is 12.2. The minimum Gasteiger partial charge on any atom is -0.268 e. The zero-order chi connectivity index (χ0) is 22.3. The van der Waals surface area contributed by atoms with Gasteiger partial charge in [-0.05, 0) is 69.8 Å². The van der Waals surface area contributed by atoms with Crippen LogP contribution in [0.4, 0.5) is 5.69 Å². The van der Waals surface area contributed by atoms with Crippen molar-refractivity contribution >= 4 is 29.6 Å². The highest BCUT2D eigenvalue weighted by Crippen LogP contribution is 2.55. The fourth-order valence-electron chi connectivity index (χ4n) is 4.59. The van der Waals surface area contributed by atoms with Gasteiger partial charge in [0, 0.05) is 0 Å². The Labute approximate surface area is 191 Å². The molecule has 2 aliphatic heterocycles. The molecule has 0 N–H and O–H groups in total. The number of fused-ring (bicyclic) bond motifs is 2. The lowest BCUT2D eigenvalue weighted by Gasteiger charge is -2.39. The molecule has 1 fully saturated rings. The molecule has 3 atom stereocenters. The molecule has 6 heteroatoms. The maximum atomic E-state index is 13.6. The number of hydrogen-bond donors (Lipinski definition) is 0. The molecule has 172 valence electrons. The van der Waals surface area contributed by atoms with Gasteiger partial charge in [-0.25, -0.2) is 8.51 Å². The van der Waals surface area contributed by atoms with Crippen LogP contribution in [0.25, 0.3) is 0 Å². The third kappa shape index (κ3) is 5.79. The lowest BCUT2D eigenvalue weighted by atomic mass is 10.0. The van der Waals surface area contributed by atoms with Crippen molar-refractivity contribution in [2.24, 2.45) is 4.74 Å². The lowest BCUT2D eigenvalue weighted by Crippen LogP contribution is -2.50. The fraction of sp³-hybridized carbons (Fsp3) is 0.640. The molecule has 0 spiro atoms. The third-order valence-corrected chi connectivity index (χ3v) is 12.3. The number of nitrogens with zero attached hydrogens (tertiary/aromatic N) is 2. The molecule has 31 heavy (non-hydrogen) atoms. The summed E-state index contributed by atoms with van der Waals surface area (Å²) < 4.78 is 20.0. The van der Waals surface area contributed by atoms with Crippen LogP contribution in [0.2, 0.25) is 0 Å². The van der Waals surface area contributed by atoms with Crippen LogP contribution in [0.3, 0.4) is 0 Å². The second kappa shape index (κ2) is 11.6. The number of amides is 1. The van der Waals surface area contributed by atoms with Crippen molar-refractivity contribution in [3.63, 3.8) is 0 Å². The molecule has 1 aromatic carbocycles. The van der Waals surface area contributed by atoms with Gasteiger partial charge in [-0.1, -0.05) is 64.3 Å².